The maximum absolute atomic E-state index is 13.2. The van der Waals surface area contributed by atoms with E-state index < -0.39 is 11.7 Å². The van der Waals surface area contributed by atoms with E-state index in [-0.39, 0.29) is 31.1 Å². The Kier molecular flexibility index (Phi) is 7.45. The first kappa shape index (κ1) is 23.0. The number of carbonyl (C=O) groups excluding carboxylic acids is 1. The average molecular weight is 453 g/mol. The summed E-state index contributed by atoms with van der Waals surface area (Å²) < 4.78 is 45.3. The second-order valence-corrected chi connectivity index (χ2v) is 8.07. The van der Waals surface area contributed by atoms with Gasteiger partial charge in [-0.25, -0.2) is 0 Å². The Hall–Kier alpha value is -2.72. The highest BCUT2D eigenvalue weighted by molar-refractivity contribution is 7.13. The molecule has 2 heterocycles. The number of alkyl halides is 3. The zero-order valence-electron chi connectivity index (χ0n) is 17.2. The number of amides is 1. The minimum absolute atomic E-state index is 0.00444. The van der Waals surface area contributed by atoms with E-state index in [1.807, 2.05) is 24.4 Å². The number of carbonyl (C=O) groups is 1. The summed E-state index contributed by atoms with van der Waals surface area (Å²) >= 11 is 1.47. The number of thiophene rings is 1. The van der Waals surface area contributed by atoms with E-state index in [1.54, 1.807) is 22.9 Å². The summed E-state index contributed by atoms with van der Waals surface area (Å²) in [6.07, 6.45) is -3.72. The highest BCUT2D eigenvalue weighted by Gasteiger charge is 2.33. The molecule has 0 spiro atoms. The van der Waals surface area contributed by atoms with Crippen molar-refractivity contribution in [2.24, 2.45) is 0 Å². The lowest BCUT2D eigenvalue weighted by Gasteiger charge is -2.25. The first-order valence-electron chi connectivity index (χ1n) is 9.75. The summed E-state index contributed by atoms with van der Waals surface area (Å²) in [5, 5.41) is 9.94. The van der Waals surface area contributed by atoms with E-state index >= 15 is 0 Å². The Morgan fingerprint density at radius 2 is 1.90 bits per heavy atom. The van der Waals surface area contributed by atoms with Crippen LogP contribution in [0.2, 0.25) is 0 Å². The highest BCUT2D eigenvalue weighted by Crippen LogP contribution is 2.32. The Balaban J connectivity index is 1.64. The molecule has 0 aliphatic carbocycles. The van der Waals surface area contributed by atoms with Gasteiger partial charge < -0.3 is 9.32 Å². The van der Waals surface area contributed by atoms with Crippen molar-refractivity contribution in [3.63, 3.8) is 0 Å². The van der Waals surface area contributed by atoms with E-state index in [4.69, 9.17) is 4.42 Å². The third kappa shape index (κ3) is 6.14. The van der Waals surface area contributed by atoms with Crippen LogP contribution in [0.3, 0.4) is 0 Å². The summed E-state index contributed by atoms with van der Waals surface area (Å²) in [4.78, 5) is 16.8. The Morgan fingerprint density at radius 3 is 2.58 bits per heavy atom. The van der Waals surface area contributed by atoms with Gasteiger partial charge in [-0.05, 0) is 36.5 Å². The van der Waals surface area contributed by atoms with E-state index in [2.05, 4.69) is 10.2 Å². The molecule has 6 nitrogen and oxygen atoms in total. The fourth-order valence-electron chi connectivity index (χ4n) is 3.15. The molecule has 3 aromatic rings. The molecule has 1 aromatic carbocycles. The molecule has 2 aromatic heterocycles. The van der Waals surface area contributed by atoms with Crippen LogP contribution in [0, 0.1) is 0 Å². The van der Waals surface area contributed by atoms with E-state index in [9.17, 15) is 18.0 Å². The van der Waals surface area contributed by atoms with Gasteiger partial charge in [0.2, 0.25) is 11.8 Å². The SMILES string of the molecule is CCCN(Cc1nnc(-c2cccs2)o1)C(=O)CN(C)Cc1ccccc1C(F)(F)F. The first-order chi connectivity index (χ1) is 14.8. The molecule has 31 heavy (non-hydrogen) atoms. The molecule has 0 bridgehead atoms. The van der Waals surface area contributed by atoms with Gasteiger partial charge in [-0.2, -0.15) is 13.2 Å². The number of aromatic nitrogens is 2. The quantitative estimate of drug-likeness (QED) is 0.472. The van der Waals surface area contributed by atoms with E-state index in [0.29, 0.717) is 18.3 Å². The molecule has 0 fully saturated rings. The molecule has 166 valence electrons. The maximum Gasteiger partial charge on any atom is 0.416 e. The lowest BCUT2D eigenvalue weighted by atomic mass is 10.1. The van der Waals surface area contributed by atoms with Gasteiger partial charge in [0.15, 0.2) is 0 Å². The molecule has 0 radical (unpaired) electrons. The monoisotopic (exact) mass is 452 g/mol. The number of rotatable bonds is 9. The summed E-state index contributed by atoms with van der Waals surface area (Å²) in [5.74, 6) is 0.495. The van der Waals surface area contributed by atoms with Crippen molar-refractivity contribution >= 4 is 17.2 Å². The standard InChI is InChI=1S/C21H23F3N4O2S/c1-3-10-28(13-18-25-26-20(30-18)17-9-6-11-31-17)19(29)14-27(2)12-15-7-4-5-8-16(15)21(22,23)24/h4-9,11H,3,10,12-14H2,1-2H3. The zero-order chi connectivity index (χ0) is 22.4. The highest BCUT2D eigenvalue weighted by atomic mass is 32.1. The molecule has 10 heteroatoms. The van der Waals surface area contributed by atoms with Crippen molar-refractivity contribution in [1.82, 2.24) is 20.0 Å². The van der Waals surface area contributed by atoms with Crippen LogP contribution in [0.15, 0.2) is 46.2 Å². The third-order valence-corrected chi connectivity index (χ3v) is 5.40. The van der Waals surface area contributed by atoms with Crippen molar-refractivity contribution in [1.29, 1.82) is 0 Å². The molecule has 1 amide bonds. The number of halogens is 3. The van der Waals surface area contributed by atoms with Crippen LogP contribution in [0.5, 0.6) is 0 Å². The van der Waals surface area contributed by atoms with Crippen LogP contribution in [0.25, 0.3) is 10.8 Å². The summed E-state index contributed by atoms with van der Waals surface area (Å²) in [5.41, 5.74) is -0.559. The van der Waals surface area contributed by atoms with Gasteiger partial charge in [0.05, 0.1) is 23.5 Å². The lowest BCUT2D eigenvalue weighted by molar-refractivity contribution is -0.138. The van der Waals surface area contributed by atoms with Gasteiger partial charge in [0.1, 0.15) is 0 Å². The predicted octanol–water partition coefficient (Wildman–Crippen LogP) is 4.69. The molecule has 0 N–H and O–H groups in total. The largest absolute Gasteiger partial charge is 0.418 e. The van der Waals surface area contributed by atoms with Crippen LogP contribution in [0.4, 0.5) is 13.2 Å². The predicted molar refractivity (Wildman–Crippen MR) is 111 cm³/mol. The minimum atomic E-state index is -4.44. The third-order valence-electron chi connectivity index (χ3n) is 4.54. The summed E-state index contributed by atoms with van der Waals surface area (Å²) in [6, 6.07) is 9.14. The van der Waals surface area contributed by atoms with Gasteiger partial charge >= 0.3 is 6.18 Å². The molecular formula is C21H23F3N4O2S. The number of hydrogen-bond acceptors (Lipinski definition) is 6. The lowest BCUT2D eigenvalue weighted by Crippen LogP contribution is -2.39. The normalized spacial score (nSPS) is 11.8. The number of likely N-dealkylation sites (N-methyl/N-ethyl adjacent to an activating group) is 1. The molecule has 0 saturated carbocycles. The molecule has 0 saturated heterocycles. The minimum Gasteiger partial charge on any atom is -0.418 e. The topological polar surface area (TPSA) is 62.5 Å². The molecule has 0 aliphatic rings. The van der Waals surface area contributed by atoms with Crippen LogP contribution >= 0.6 is 11.3 Å². The van der Waals surface area contributed by atoms with Gasteiger partial charge in [-0.3, -0.25) is 9.69 Å². The molecule has 3 rings (SSSR count). The zero-order valence-corrected chi connectivity index (χ0v) is 18.0. The van der Waals surface area contributed by atoms with E-state index in [1.165, 1.54) is 23.5 Å². The second kappa shape index (κ2) is 10.1. The van der Waals surface area contributed by atoms with Gasteiger partial charge in [-0.1, -0.05) is 31.2 Å². The molecule has 0 aliphatic heterocycles. The average Bonchev–Trinajstić information content (AvgIpc) is 3.39. The molecule has 0 unspecified atom stereocenters. The van der Waals surface area contributed by atoms with Crippen LogP contribution in [0.1, 0.15) is 30.4 Å². The van der Waals surface area contributed by atoms with Crippen LogP contribution < -0.4 is 0 Å². The van der Waals surface area contributed by atoms with E-state index in [0.717, 1.165) is 17.4 Å². The maximum atomic E-state index is 13.2. The van der Waals surface area contributed by atoms with Crippen molar-refractivity contribution < 1.29 is 22.4 Å². The molecule has 0 atom stereocenters. The van der Waals surface area contributed by atoms with Crippen molar-refractivity contribution in [2.45, 2.75) is 32.6 Å². The fraction of sp³-hybridized carbons (Fsp3) is 0.381. The first-order valence-corrected chi connectivity index (χ1v) is 10.6. The summed E-state index contributed by atoms with van der Waals surface area (Å²) in [7, 11) is 1.62. The van der Waals surface area contributed by atoms with Crippen molar-refractivity contribution in [3.8, 4) is 10.8 Å². The number of hydrogen-bond donors (Lipinski definition) is 0. The number of benzene rings is 1. The van der Waals surface area contributed by atoms with Gasteiger partial charge in [0.25, 0.3) is 5.89 Å². The Labute approximate surface area is 182 Å². The number of nitrogens with zero attached hydrogens (tertiary/aromatic N) is 4. The molecular weight excluding hydrogens is 429 g/mol. The Bertz CT molecular complexity index is 989. The van der Waals surface area contributed by atoms with Crippen LogP contribution in [-0.4, -0.2) is 46.0 Å². The van der Waals surface area contributed by atoms with Gasteiger partial charge in [-0.15, -0.1) is 21.5 Å². The van der Waals surface area contributed by atoms with Crippen molar-refractivity contribution in [3.05, 3.63) is 58.8 Å². The summed E-state index contributed by atoms with van der Waals surface area (Å²) in [6.45, 7) is 2.54. The second-order valence-electron chi connectivity index (χ2n) is 7.12. The van der Waals surface area contributed by atoms with Crippen molar-refractivity contribution in [2.75, 3.05) is 20.1 Å². The Morgan fingerprint density at radius 1 is 1.13 bits per heavy atom. The van der Waals surface area contributed by atoms with Crippen LogP contribution in [-0.2, 0) is 24.1 Å². The smallest absolute Gasteiger partial charge is 0.416 e. The fourth-order valence-corrected chi connectivity index (χ4v) is 3.80. The van der Waals surface area contributed by atoms with Gasteiger partial charge in [0, 0.05) is 13.1 Å².